The van der Waals surface area contributed by atoms with Gasteiger partial charge in [-0.1, -0.05) is 13.8 Å². The first-order valence-corrected chi connectivity index (χ1v) is 9.30. The maximum absolute atomic E-state index is 12.9. The van der Waals surface area contributed by atoms with Crippen LogP contribution in [0.1, 0.15) is 58.1 Å². The van der Waals surface area contributed by atoms with E-state index >= 15 is 0 Å². The molecule has 0 bridgehead atoms. The number of halogens is 4. The second-order valence-electron chi connectivity index (χ2n) is 7.44. The zero-order valence-electron chi connectivity index (χ0n) is 14.9. The number of furan rings is 1. The smallest absolute Gasteiger partial charge is 0.416 e. The second-order valence-corrected chi connectivity index (χ2v) is 8.60. The number of benzene rings is 1. The number of anilines is 1. The number of carbonyl (C=O) groups is 2. The number of carbonyl (C=O) groups excluding carboxylic acids is 2. The van der Waals surface area contributed by atoms with Crippen LogP contribution in [-0.2, 0) is 12.6 Å². The van der Waals surface area contributed by atoms with Gasteiger partial charge >= 0.3 is 6.18 Å². The molecule has 1 amide bonds. The molecule has 1 aliphatic rings. The van der Waals surface area contributed by atoms with E-state index in [1.54, 1.807) is 6.92 Å². The lowest BCUT2D eigenvalue weighted by atomic mass is 9.76. The monoisotopic (exact) mass is 491 g/mol. The molecule has 1 aliphatic carbocycles. The minimum absolute atomic E-state index is 0.0378. The predicted molar refractivity (Wildman–Crippen MR) is 102 cm³/mol. The lowest BCUT2D eigenvalue weighted by molar-refractivity contribution is -0.137. The Hall–Kier alpha value is -1.84. The highest BCUT2D eigenvalue weighted by molar-refractivity contribution is 14.1. The van der Waals surface area contributed by atoms with E-state index in [1.165, 1.54) is 6.07 Å². The molecule has 0 saturated carbocycles. The van der Waals surface area contributed by atoms with E-state index in [0.29, 0.717) is 33.3 Å². The Morgan fingerprint density at radius 3 is 2.56 bits per heavy atom. The summed E-state index contributed by atoms with van der Waals surface area (Å²) in [5.41, 5.74) is -0.247. The van der Waals surface area contributed by atoms with Gasteiger partial charge in [0.1, 0.15) is 5.76 Å². The summed E-state index contributed by atoms with van der Waals surface area (Å²) in [5.74, 6) is -0.350. The molecule has 1 aromatic carbocycles. The minimum atomic E-state index is -4.51. The summed E-state index contributed by atoms with van der Waals surface area (Å²) >= 11 is 1.84. The van der Waals surface area contributed by atoms with Crippen LogP contribution in [0.25, 0.3) is 0 Å². The van der Waals surface area contributed by atoms with Gasteiger partial charge in [0.15, 0.2) is 11.5 Å². The maximum Gasteiger partial charge on any atom is 0.416 e. The number of amides is 1. The molecule has 1 heterocycles. The summed E-state index contributed by atoms with van der Waals surface area (Å²) in [4.78, 5) is 25.0. The summed E-state index contributed by atoms with van der Waals surface area (Å²) in [6.07, 6.45) is -3.64. The molecule has 3 rings (SSSR count). The van der Waals surface area contributed by atoms with Crippen molar-refractivity contribution in [1.29, 1.82) is 0 Å². The van der Waals surface area contributed by atoms with Crippen molar-refractivity contribution in [3.8, 4) is 0 Å². The highest BCUT2D eigenvalue weighted by Crippen LogP contribution is 2.39. The van der Waals surface area contributed by atoms with Crippen molar-refractivity contribution in [2.45, 2.75) is 39.8 Å². The Labute approximate surface area is 167 Å². The largest absolute Gasteiger partial charge is 0.455 e. The normalized spacial score (nSPS) is 16.2. The van der Waals surface area contributed by atoms with Gasteiger partial charge in [-0.05, 0) is 53.1 Å². The van der Waals surface area contributed by atoms with Gasteiger partial charge in [-0.2, -0.15) is 13.2 Å². The van der Waals surface area contributed by atoms with Crippen LogP contribution in [0.15, 0.2) is 22.6 Å². The molecular formula is C19H17F3INO3. The Bertz CT molecular complexity index is 944. The summed E-state index contributed by atoms with van der Waals surface area (Å²) in [6, 6.07) is 3.12. The average molecular weight is 491 g/mol. The zero-order valence-corrected chi connectivity index (χ0v) is 17.0. The number of hydrogen-bond donors (Lipinski definition) is 1. The zero-order chi connectivity index (χ0) is 20.1. The fraction of sp³-hybridized carbons (Fsp3) is 0.368. The fourth-order valence-electron chi connectivity index (χ4n) is 3.28. The van der Waals surface area contributed by atoms with E-state index in [9.17, 15) is 22.8 Å². The number of Topliss-reactive ketones (excluding diaryl/α,β-unsaturated/α-hetero) is 1. The minimum Gasteiger partial charge on any atom is -0.455 e. The summed E-state index contributed by atoms with van der Waals surface area (Å²) in [6.45, 7) is 5.50. The van der Waals surface area contributed by atoms with Gasteiger partial charge in [0.05, 0.1) is 16.8 Å². The number of alkyl halides is 3. The molecule has 1 N–H and O–H groups in total. The van der Waals surface area contributed by atoms with Crippen LogP contribution in [-0.4, -0.2) is 11.7 Å². The lowest BCUT2D eigenvalue weighted by Gasteiger charge is -2.27. The van der Waals surface area contributed by atoms with Crippen LogP contribution in [0, 0.1) is 15.9 Å². The van der Waals surface area contributed by atoms with Crippen molar-refractivity contribution in [2.24, 2.45) is 5.41 Å². The number of rotatable bonds is 2. The van der Waals surface area contributed by atoms with Gasteiger partial charge in [0, 0.05) is 22.0 Å². The second kappa shape index (κ2) is 6.65. The Morgan fingerprint density at radius 2 is 1.93 bits per heavy atom. The molecule has 0 unspecified atom stereocenters. The topological polar surface area (TPSA) is 59.3 Å². The van der Waals surface area contributed by atoms with Crippen LogP contribution < -0.4 is 5.32 Å². The van der Waals surface area contributed by atoms with E-state index in [4.69, 9.17) is 4.42 Å². The van der Waals surface area contributed by atoms with E-state index < -0.39 is 17.6 Å². The molecule has 27 heavy (non-hydrogen) atoms. The van der Waals surface area contributed by atoms with Gasteiger partial charge in [-0.25, -0.2) is 0 Å². The first kappa shape index (κ1) is 19.9. The Kier molecular flexibility index (Phi) is 4.90. The molecule has 0 atom stereocenters. The molecule has 4 nitrogen and oxygen atoms in total. The van der Waals surface area contributed by atoms with Gasteiger partial charge in [-0.3, -0.25) is 9.59 Å². The van der Waals surface area contributed by atoms with Crippen LogP contribution in [0.4, 0.5) is 18.9 Å². The van der Waals surface area contributed by atoms with E-state index in [-0.39, 0.29) is 22.6 Å². The van der Waals surface area contributed by atoms with E-state index in [0.717, 1.165) is 12.1 Å². The first-order chi connectivity index (χ1) is 12.4. The number of hydrogen-bond acceptors (Lipinski definition) is 3. The maximum atomic E-state index is 12.9. The van der Waals surface area contributed by atoms with Gasteiger partial charge in [0.25, 0.3) is 5.91 Å². The molecule has 2 aromatic rings. The van der Waals surface area contributed by atoms with Crippen LogP contribution >= 0.6 is 22.6 Å². The number of fused-ring (bicyclic) bond motifs is 1. The van der Waals surface area contributed by atoms with E-state index in [2.05, 4.69) is 5.32 Å². The lowest BCUT2D eigenvalue weighted by Crippen LogP contribution is -2.26. The van der Waals surface area contributed by atoms with Crippen molar-refractivity contribution in [1.82, 2.24) is 0 Å². The van der Waals surface area contributed by atoms with Gasteiger partial charge in [-0.15, -0.1) is 0 Å². The Morgan fingerprint density at radius 1 is 1.26 bits per heavy atom. The van der Waals surface area contributed by atoms with Crippen molar-refractivity contribution >= 4 is 40.0 Å². The molecular weight excluding hydrogens is 474 g/mol. The molecule has 0 radical (unpaired) electrons. The molecule has 8 heteroatoms. The Balaban J connectivity index is 1.94. The third-order valence-electron chi connectivity index (χ3n) is 4.52. The van der Waals surface area contributed by atoms with Crippen molar-refractivity contribution in [3.63, 3.8) is 0 Å². The van der Waals surface area contributed by atoms with Crippen LogP contribution in [0.3, 0.4) is 0 Å². The third kappa shape index (κ3) is 3.90. The van der Waals surface area contributed by atoms with Crippen molar-refractivity contribution in [2.75, 3.05) is 5.32 Å². The molecule has 0 aliphatic heterocycles. The van der Waals surface area contributed by atoms with Gasteiger partial charge < -0.3 is 9.73 Å². The molecule has 144 valence electrons. The van der Waals surface area contributed by atoms with Crippen molar-refractivity contribution in [3.05, 3.63) is 50.0 Å². The third-order valence-corrected chi connectivity index (χ3v) is 5.47. The quantitative estimate of drug-likeness (QED) is 0.555. The van der Waals surface area contributed by atoms with Crippen molar-refractivity contribution < 1.29 is 27.2 Å². The van der Waals surface area contributed by atoms with Crippen LogP contribution in [0.2, 0.25) is 0 Å². The molecule has 0 fully saturated rings. The number of nitrogens with one attached hydrogen (secondary N) is 1. The summed E-state index contributed by atoms with van der Waals surface area (Å²) in [7, 11) is 0. The van der Waals surface area contributed by atoms with Crippen LogP contribution in [0.5, 0.6) is 0 Å². The van der Waals surface area contributed by atoms with Gasteiger partial charge in [0.2, 0.25) is 0 Å². The predicted octanol–water partition coefficient (Wildman–Crippen LogP) is 5.62. The molecule has 0 saturated heterocycles. The number of ketones is 1. The average Bonchev–Trinajstić information content (AvgIpc) is 2.83. The molecule has 1 aromatic heterocycles. The first-order valence-electron chi connectivity index (χ1n) is 8.22. The fourth-order valence-corrected chi connectivity index (χ4v) is 3.75. The standard InChI is InChI=1S/C19H17F3INO3/c1-9-15-13(25)7-18(2,3)8-14(15)27-16(9)17(26)24-12-6-10(19(20,21)22)4-5-11(12)23/h4-6H,7-8H2,1-3H3,(H,24,26). The van der Waals surface area contributed by atoms with E-state index in [1.807, 2.05) is 36.4 Å². The highest BCUT2D eigenvalue weighted by Gasteiger charge is 2.37. The molecule has 0 spiro atoms. The SMILES string of the molecule is Cc1c(C(=O)Nc2cc(C(F)(F)F)ccc2I)oc2c1C(=O)CC(C)(C)C2. The highest BCUT2D eigenvalue weighted by atomic mass is 127. The summed E-state index contributed by atoms with van der Waals surface area (Å²) in [5, 5.41) is 2.47. The summed E-state index contributed by atoms with van der Waals surface area (Å²) < 4.78 is 44.9.